The van der Waals surface area contributed by atoms with Gasteiger partial charge in [0.25, 0.3) is 0 Å². The van der Waals surface area contributed by atoms with E-state index in [-0.39, 0.29) is 11.4 Å². The van der Waals surface area contributed by atoms with Crippen LogP contribution < -0.4 is 0 Å². The Bertz CT molecular complexity index is 371. The third-order valence-electron chi connectivity index (χ3n) is 1.95. The van der Waals surface area contributed by atoms with Gasteiger partial charge in [-0.15, -0.1) is 0 Å². The number of ketones is 1. The van der Waals surface area contributed by atoms with E-state index in [0.717, 1.165) is 0 Å². The molecule has 0 aliphatic rings. The summed E-state index contributed by atoms with van der Waals surface area (Å²) < 4.78 is 12.8. The summed E-state index contributed by atoms with van der Waals surface area (Å²) in [5.74, 6) is -0.750. The lowest BCUT2D eigenvalue weighted by Crippen LogP contribution is -2.07. The lowest BCUT2D eigenvalue weighted by atomic mass is 10.0. The minimum Gasteiger partial charge on any atom is -0.384 e. The van der Waals surface area contributed by atoms with Crippen molar-refractivity contribution in [2.45, 2.75) is 13.0 Å². The van der Waals surface area contributed by atoms with Crippen molar-refractivity contribution in [3.63, 3.8) is 0 Å². The van der Waals surface area contributed by atoms with Gasteiger partial charge in [-0.3, -0.25) is 4.79 Å². The molecule has 0 spiro atoms. The molecule has 3 heteroatoms. The summed E-state index contributed by atoms with van der Waals surface area (Å²) >= 11 is 0. The highest BCUT2D eigenvalue weighted by atomic mass is 19.1. The van der Waals surface area contributed by atoms with Crippen molar-refractivity contribution in [3.8, 4) is 0 Å². The third kappa shape index (κ3) is 2.26. The van der Waals surface area contributed by atoms with Crippen LogP contribution in [-0.2, 0) is 4.79 Å². The van der Waals surface area contributed by atoms with Crippen molar-refractivity contribution < 1.29 is 14.3 Å². The van der Waals surface area contributed by atoms with E-state index in [2.05, 4.69) is 6.58 Å². The summed E-state index contributed by atoms with van der Waals surface area (Å²) in [5.41, 5.74) is 0.404. The molecule has 1 aromatic carbocycles. The number of aliphatic hydroxyl groups is 1. The number of carbonyl (C=O) groups is 1. The lowest BCUT2D eigenvalue weighted by Gasteiger charge is -2.11. The molecule has 0 saturated heterocycles. The molecule has 1 N–H and O–H groups in total. The minimum atomic E-state index is -1.12. The van der Waals surface area contributed by atoms with E-state index in [9.17, 15) is 14.3 Å². The van der Waals surface area contributed by atoms with Gasteiger partial charge in [0.2, 0.25) is 0 Å². The fraction of sp³-hybridized carbons (Fsp3) is 0.182. The Morgan fingerprint density at radius 3 is 2.71 bits per heavy atom. The van der Waals surface area contributed by atoms with Gasteiger partial charge in [-0.1, -0.05) is 18.7 Å². The van der Waals surface area contributed by atoms with Crippen molar-refractivity contribution in [3.05, 3.63) is 47.8 Å². The van der Waals surface area contributed by atoms with Gasteiger partial charge in [0, 0.05) is 5.57 Å². The maximum atomic E-state index is 12.8. The largest absolute Gasteiger partial charge is 0.384 e. The molecule has 1 rings (SSSR count). The second kappa shape index (κ2) is 4.15. The Labute approximate surface area is 81.7 Å². The summed E-state index contributed by atoms with van der Waals surface area (Å²) in [6, 6.07) is 5.47. The Morgan fingerprint density at radius 1 is 1.57 bits per heavy atom. The number of rotatable bonds is 3. The van der Waals surface area contributed by atoms with Crippen LogP contribution in [0.5, 0.6) is 0 Å². The summed E-state index contributed by atoms with van der Waals surface area (Å²) in [6.45, 7) is 4.75. The van der Waals surface area contributed by atoms with Crippen molar-refractivity contribution in [1.82, 2.24) is 0 Å². The molecule has 0 fully saturated rings. The number of hydrogen-bond donors (Lipinski definition) is 1. The first-order valence-corrected chi connectivity index (χ1v) is 4.15. The Kier molecular flexibility index (Phi) is 3.14. The molecule has 74 valence electrons. The van der Waals surface area contributed by atoms with Crippen molar-refractivity contribution >= 4 is 5.78 Å². The zero-order chi connectivity index (χ0) is 10.7. The minimum absolute atomic E-state index is 0.0654. The van der Waals surface area contributed by atoms with Crippen LogP contribution in [-0.4, -0.2) is 10.9 Å². The zero-order valence-corrected chi connectivity index (χ0v) is 7.83. The molecule has 0 bridgehead atoms. The van der Waals surface area contributed by atoms with Gasteiger partial charge in [0.15, 0.2) is 5.78 Å². The number of halogens is 1. The topological polar surface area (TPSA) is 37.3 Å². The second-order valence-corrected chi connectivity index (χ2v) is 3.04. The van der Waals surface area contributed by atoms with Crippen LogP contribution in [0, 0.1) is 5.82 Å². The maximum absolute atomic E-state index is 12.8. The average Bonchev–Trinajstić information content (AvgIpc) is 2.15. The van der Waals surface area contributed by atoms with Crippen LogP contribution in [0.15, 0.2) is 36.4 Å². The van der Waals surface area contributed by atoms with Gasteiger partial charge in [-0.05, 0) is 24.6 Å². The van der Waals surface area contributed by atoms with Crippen LogP contribution in [0.25, 0.3) is 0 Å². The fourth-order valence-electron chi connectivity index (χ4n) is 1.07. The molecule has 0 aromatic heterocycles. The van der Waals surface area contributed by atoms with Gasteiger partial charge in [0.1, 0.15) is 11.9 Å². The Morgan fingerprint density at radius 2 is 2.21 bits per heavy atom. The van der Waals surface area contributed by atoms with Crippen LogP contribution in [0.3, 0.4) is 0 Å². The summed E-state index contributed by atoms with van der Waals surface area (Å²) in [7, 11) is 0. The van der Waals surface area contributed by atoms with E-state index in [1.54, 1.807) is 6.07 Å². The van der Waals surface area contributed by atoms with E-state index in [0.29, 0.717) is 5.56 Å². The Hall–Kier alpha value is -1.48. The van der Waals surface area contributed by atoms with Gasteiger partial charge >= 0.3 is 0 Å². The quantitative estimate of drug-likeness (QED) is 0.747. The highest BCUT2D eigenvalue weighted by Gasteiger charge is 2.15. The molecule has 0 heterocycles. The summed E-state index contributed by atoms with van der Waals surface area (Å²) in [5, 5.41) is 9.60. The van der Waals surface area contributed by atoms with Crippen molar-refractivity contribution in [2.75, 3.05) is 0 Å². The predicted octanol–water partition coefficient (Wildman–Crippen LogP) is 2.00. The number of carbonyl (C=O) groups excluding carboxylic acids is 1. The standard InChI is InChI=1S/C11H11FO2/c1-7(8(2)13)11(14)9-4-3-5-10(12)6-9/h3-6,11,14H,1H2,2H3. The van der Waals surface area contributed by atoms with Gasteiger partial charge in [-0.2, -0.15) is 0 Å². The van der Waals surface area contributed by atoms with E-state index in [1.807, 2.05) is 0 Å². The van der Waals surface area contributed by atoms with Gasteiger partial charge in [-0.25, -0.2) is 4.39 Å². The molecule has 0 saturated carbocycles. The van der Waals surface area contributed by atoms with Crippen LogP contribution in [0.4, 0.5) is 4.39 Å². The molecule has 1 aromatic rings. The molecule has 0 aliphatic heterocycles. The number of aliphatic hydroxyl groups excluding tert-OH is 1. The maximum Gasteiger partial charge on any atom is 0.158 e. The van der Waals surface area contributed by atoms with Crippen LogP contribution in [0.1, 0.15) is 18.6 Å². The Balaban J connectivity index is 2.95. The third-order valence-corrected chi connectivity index (χ3v) is 1.95. The first-order valence-electron chi connectivity index (χ1n) is 4.15. The highest BCUT2D eigenvalue weighted by molar-refractivity contribution is 5.93. The van der Waals surface area contributed by atoms with E-state index < -0.39 is 11.9 Å². The van der Waals surface area contributed by atoms with Crippen LogP contribution in [0.2, 0.25) is 0 Å². The molecule has 0 radical (unpaired) electrons. The molecular formula is C11H11FO2. The van der Waals surface area contributed by atoms with E-state index in [1.165, 1.54) is 25.1 Å². The molecule has 2 nitrogen and oxygen atoms in total. The van der Waals surface area contributed by atoms with Crippen molar-refractivity contribution in [2.24, 2.45) is 0 Å². The average molecular weight is 194 g/mol. The molecular weight excluding hydrogens is 183 g/mol. The molecule has 1 atom stereocenters. The smallest absolute Gasteiger partial charge is 0.158 e. The van der Waals surface area contributed by atoms with Gasteiger partial charge < -0.3 is 5.11 Å². The molecule has 0 aliphatic carbocycles. The number of Topliss-reactive ketones (excluding diaryl/α,β-unsaturated/α-hetero) is 1. The zero-order valence-electron chi connectivity index (χ0n) is 7.83. The molecule has 14 heavy (non-hydrogen) atoms. The van der Waals surface area contributed by atoms with E-state index >= 15 is 0 Å². The van der Waals surface area contributed by atoms with Gasteiger partial charge in [0.05, 0.1) is 0 Å². The first-order chi connectivity index (χ1) is 6.52. The lowest BCUT2D eigenvalue weighted by molar-refractivity contribution is -0.114. The number of benzene rings is 1. The normalized spacial score (nSPS) is 12.2. The van der Waals surface area contributed by atoms with Crippen molar-refractivity contribution in [1.29, 1.82) is 0 Å². The number of hydrogen-bond acceptors (Lipinski definition) is 2. The van der Waals surface area contributed by atoms with E-state index in [4.69, 9.17) is 0 Å². The highest BCUT2D eigenvalue weighted by Crippen LogP contribution is 2.21. The predicted molar refractivity (Wildman–Crippen MR) is 51.2 cm³/mol. The first kappa shape index (κ1) is 10.6. The second-order valence-electron chi connectivity index (χ2n) is 3.04. The summed E-state index contributed by atoms with van der Waals surface area (Å²) in [4.78, 5) is 10.9. The van der Waals surface area contributed by atoms with Crippen LogP contribution >= 0.6 is 0 Å². The fourth-order valence-corrected chi connectivity index (χ4v) is 1.07. The molecule has 0 amide bonds. The summed E-state index contributed by atoms with van der Waals surface area (Å²) in [6.07, 6.45) is -1.12. The molecule has 1 unspecified atom stereocenters. The SMILES string of the molecule is C=C(C(C)=O)C(O)c1cccc(F)c1. The monoisotopic (exact) mass is 194 g/mol.